The fraction of sp³-hybridized carbons (Fsp3) is 0. The third-order valence-corrected chi connectivity index (χ3v) is 2.94. The van der Waals surface area contributed by atoms with Crippen molar-refractivity contribution in [2.24, 2.45) is 0 Å². The molecule has 3 rings (SSSR count). The number of rotatable bonds is 2. The molecule has 1 aromatic heterocycles. The lowest BCUT2D eigenvalue weighted by Gasteiger charge is -2.00. The average Bonchev–Trinajstić information content (AvgIpc) is 2.45. The van der Waals surface area contributed by atoms with Gasteiger partial charge < -0.3 is 0 Å². The first-order chi connectivity index (χ1) is 9.72. The van der Waals surface area contributed by atoms with Crippen molar-refractivity contribution < 1.29 is 8.78 Å². The first-order valence-electron chi connectivity index (χ1n) is 6.07. The minimum absolute atomic E-state index is 0.295. The van der Waals surface area contributed by atoms with E-state index in [-0.39, 0.29) is 11.6 Å². The number of hydrogen-bond acceptors (Lipinski definition) is 2. The molecular formula is C16H10F2N2. The van der Waals surface area contributed by atoms with Crippen LogP contribution in [-0.2, 0) is 0 Å². The molecule has 0 aliphatic rings. The monoisotopic (exact) mass is 268 g/mol. The number of benzene rings is 2. The van der Waals surface area contributed by atoms with Crippen molar-refractivity contribution in [1.29, 1.82) is 0 Å². The Morgan fingerprint density at radius 2 is 1.75 bits per heavy atom. The summed E-state index contributed by atoms with van der Waals surface area (Å²) in [5, 5.41) is 8.49. The lowest BCUT2D eigenvalue weighted by Crippen LogP contribution is -1.88. The molecule has 0 saturated heterocycles. The lowest BCUT2D eigenvalue weighted by molar-refractivity contribution is 0.627. The lowest BCUT2D eigenvalue weighted by atomic mass is 10.1. The summed E-state index contributed by atoms with van der Waals surface area (Å²) in [4.78, 5) is 0. The van der Waals surface area contributed by atoms with Gasteiger partial charge in [0.1, 0.15) is 11.6 Å². The van der Waals surface area contributed by atoms with E-state index in [1.807, 2.05) is 0 Å². The molecule has 3 aromatic rings. The van der Waals surface area contributed by atoms with Gasteiger partial charge in [-0.15, -0.1) is 0 Å². The van der Waals surface area contributed by atoms with Crippen LogP contribution >= 0.6 is 0 Å². The van der Waals surface area contributed by atoms with Gasteiger partial charge in [-0.3, -0.25) is 0 Å². The summed E-state index contributed by atoms with van der Waals surface area (Å²) in [6.45, 7) is 0. The van der Waals surface area contributed by atoms with Crippen LogP contribution in [0.15, 0.2) is 48.7 Å². The van der Waals surface area contributed by atoms with Crippen LogP contribution in [0.5, 0.6) is 0 Å². The molecule has 0 N–H and O–H groups in total. The van der Waals surface area contributed by atoms with E-state index in [0.717, 1.165) is 11.1 Å². The van der Waals surface area contributed by atoms with Crippen molar-refractivity contribution in [3.63, 3.8) is 0 Å². The van der Waals surface area contributed by atoms with Gasteiger partial charge in [-0.05, 0) is 35.9 Å². The summed E-state index contributed by atoms with van der Waals surface area (Å²) in [5.74, 6) is -0.623. The van der Waals surface area contributed by atoms with Crippen LogP contribution in [0.3, 0.4) is 0 Å². The summed E-state index contributed by atoms with van der Waals surface area (Å²) in [6, 6.07) is 10.6. The Morgan fingerprint density at radius 1 is 0.900 bits per heavy atom. The maximum absolute atomic E-state index is 13.3. The second-order valence-corrected chi connectivity index (χ2v) is 4.35. The summed E-state index contributed by atoms with van der Waals surface area (Å²) >= 11 is 0. The van der Waals surface area contributed by atoms with Crippen LogP contribution in [0.25, 0.3) is 23.1 Å². The van der Waals surface area contributed by atoms with Crippen LogP contribution in [-0.4, -0.2) is 10.2 Å². The van der Waals surface area contributed by atoms with Gasteiger partial charge in [-0.25, -0.2) is 8.78 Å². The highest BCUT2D eigenvalue weighted by Gasteiger charge is 2.02. The number of halogens is 2. The van der Waals surface area contributed by atoms with Gasteiger partial charge in [0.25, 0.3) is 0 Å². The Bertz CT molecular complexity index is 797. The molecule has 0 aliphatic heterocycles. The second kappa shape index (κ2) is 5.17. The first-order valence-corrected chi connectivity index (χ1v) is 6.07. The maximum Gasteiger partial charge on any atom is 0.123 e. The normalized spacial score (nSPS) is 11.3. The minimum atomic E-state index is -0.328. The third kappa shape index (κ3) is 2.54. The van der Waals surface area contributed by atoms with Crippen LogP contribution in [0.2, 0.25) is 0 Å². The summed E-state index contributed by atoms with van der Waals surface area (Å²) in [6.07, 6.45) is 5.08. The molecule has 0 saturated carbocycles. The predicted molar refractivity (Wildman–Crippen MR) is 74.8 cm³/mol. The smallest absolute Gasteiger partial charge is 0.123 e. The molecule has 0 aliphatic carbocycles. The van der Waals surface area contributed by atoms with E-state index in [1.54, 1.807) is 36.5 Å². The maximum atomic E-state index is 13.3. The Balaban J connectivity index is 2.04. The number of aromatic nitrogens is 2. The molecule has 0 bridgehead atoms. The Morgan fingerprint density at radius 3 is 2.60 bits per heavy atom. The molecule has 20 heavy (non-hydrogen) atoms. The van der Waals surface area contributed by atoms with E-state index >= 15 is 0 Å². The minimum Gasteiger partial charge on any atom is -0.207 e. The highest BCUT2D eigenvalue weighted by molar-refractivity contribution is 5.89. The average molecular weight is 268 g/mol. The van der Waals surface area contributed by atoms with Gasteiger partial charge in [0.05, 0.1) is 11.7 Å². The molecule has 0 radical (unpaired) electrons. The molecule has 1 heterocycles. The van der Waals surface area contributed by atoms with E-state index in [2.05, 4.69) is 10.2 Å². The van der Waals surface area contributed by atoms with Crippen molar-refractivity contribution in [2.45, 2.75) is 0 Å². The molecule has 0 spiro atoms. The number of nitrogens with zero attached hydrogens (tertiary/aromatic N) is 2. The van der Waals surface area contributed by atoms with Gasteiger partial charge in [-0.1, -0.05) is 24.3 Å². The van der Waals surface area contributed by atoms with Crippen molar-refractivity contribution in [3.05, 3.63) is 71.4 Å². The molecular weight excluding hydrogens is 258 g/mol. The van der Waals surface area contributed by atoms with Crippen molar-refractivity contribution in [1.82, 2.24) is 10.2 Å². The Kier molecular flexibility index (Phi) is 3.21. The fourth-order valence-electron chi connectivity index (χ4n) is 1.98. The molecule has 2 aromatic carbocycles. The summed E-state index contributed by atoms with van der Waals surface area (Å²) < 4.78 is 26.4. The first kappa shape index (κ1) is 12.4. The SMILES string of the molecule is Fc1cccc(/C=C\c2cnnc3ccc(F)cc23)c1. The van der Waals surface area contributed by atoms with Gasteiger partial charge in [0.15, 0.2) is 0 Å². The van der Waals surface area contributed by atoms with Crippen LogP contribution in [0.1, 0.15) is 11.1 Å². The van der Waals surface area contributed by atoms with Crippen molar-refractivity contribution in [3.8, 4) is 0 Å². The fourth-order valence-corrected chi connectivity index (χ4v) is 1.98. The Labute approximate surface area is 114 Å². The number of fused-ring (bicyclic) bond motifs is 1. The Hall–Kier alpha value is -2.62. The molecule has 2 nitrogen and oxygen atoms in total. The van der Waals surface area contributed by atoms with Gasteiger partial charge >= 0.3 is 0 Å². The third-order valence-electron chi connectivity index (χ3n) is 2.94. The van der Waals surface area contributed by atoms with Gasteiger partial charge in [0, 0.05) is 10.9 Å². The zero-order valence-electron chi connectivity index (χ0n) is 10.4. The van der Waals surface area contributed by atoms with E-state index in [9.17, 15) is 8.78 Å². The predicted octanol–water partition coefficient (Wildman–Crippen LogP) is 4.08. The standard InChI is InChI=1S/C16H10F2N2/c17-13-3-1-2-11(8-13)4-5-12-10-19-20-16-7-6-14(18)9-15(12)16/h1-10H/b5-4-. The molecule has 4 heteroatoms. The summed E-state index contributed by atoms with van der Waals surface area (Å²) in [5.41, 5.74) is 2.08. The summed E-state index contributed by atoms with van der Waals surface area (Å²) in [7, 11) is 0. The quantitative estimate of drug-likeness (QED) is 0.700. The molecule has 0 atom stereocenters. The highest BCUT2D eigenvalue weighted by Crippen LogP contribution is 2.19. The van der Waals surface area contributed by atoms with Crippen LogP contribution in [0, 0.1) is 11.6 Å². The van der Waals surface area contributed by atoms with Gasteiger partial charge in [-0.2, -0.15) is 10.2 Å². The molecule has 0 fully saturated rings. The molecule has 0 unspecified atom stereocenters. The molecule has 0 amide bonds. The zero-order valence-corrected chi connectivity index (χ0v) is 10.4. The van der Waals surface area contributed by atoms with E-state index < -0.39 is 0 Å². The van der Waals surface area contributed by atoms with Crippen LogP contribution < -0.4 is 0 Å². The number of hydrogen-bond donors (Lipinski definition) is 0. The zero-order chi connectivity index (χ0) is 13.9. The molecule has 98 valence electrons. The van der Waals surface area contributed by atoms with E-state index in [4.69, 9.17) is 0 Å². The van der Waals surface area contributed by atoms with Gasteiger partial charge in [0.2, 0.25) is 0 Å². The van der Waals surface area contributed by atoms with Crippen molar-refractivity contribution in [2.75, 3.05) is 0 Å². The van der Waals surface area contributed by atoms with Crippen molar-refractivity contribution >= 4 is 23.1 Å². The second-order valence-electron chi connectivity index (χ2n) is 4.35. The van der Waals surface area contributed by atoms with E-state index in [1.165, 1.54) is 24.3 Å². The largest absolute Gasteiger partial charge is 0.207 e. The van der Waals surface area contributed by atoms with Crippen LogP contribution in [0.4, 0.5) is 8.78 Å². The van der Waals surface area contributed by atoms with E-state index in [0.29, 0.717) is 10.9 Å². The topological polar surface area (TPSA) is 25.8 Å². The highest BCUT2D eigenvalue weighted by atomic mass is 19.1.